The second-order valence-corrected chi connectivity index (χ2v) is 6.71. The van der Waals surface area contributed by atoms with E-state index in [1.54, 1.807) is 6.21 Å². The van der Waals surface area contributed by atoms with Gasteiger partial charge in [-0.1, -0.05) is 30.3 Å². The van der Waals surface area contributed by atoms with Crippen molar-refractivity contribution in [2.45, 2.75) is 39.9 Å². The molecule has 0 unspecified atom stereocenters. The molecule has 0 aliphatic rings. The first-order chi connectivity index (χ1) is 8.91. The largest absolute Gasteiger partial charge is 0.352 e. The van der Waals surface area contributed by atoms with Gasteiger partial charge in [0.1, 0.15) is 6.29 Å². The molecule has 0 aliphatic heterocycles. The molecule has 5 heteroatoms. The molecule has 0 atom stereocenters. The molecule has 19 heavy (non-hydrogen) atoms. The lowest BCUT2D eigenvalue weighted by atomic mass is 10.2. The van der Waals surface area contributed by atoms with E-state index in [0.717, 1.165) is 5.56 Å². The van der Waals surface area contributed by atoms with Gasteiger partial charge in [0.25, 0.3) is 0 Å². The van der Waals surface area contributed by atoms with Crippen molar-refractivity contribution in [3.63, 3.8) is 0 Å². The lowest BCUT2D eigenvalue weighted by Crippen LogP contribution is -2.09. The Balaban J connectivity index is 2.68. The molecule has 0 radical (unpaired) electrons. The minimum absolute atomic E-state index is 0.0399. The molecule has 0 amide bonds. The molecule has 106 valence electrons. The van der Waals surface area contributed by atoms with Crippen LogP contribution in [0.4, 0.5) is 0 Å². The van der Waals surface area contributed by atoms with Gasteiger partial charge in [-0.25, -0.2) is 0 Å². The molecular weight excluding hydrogens is 261 g/mol. The average molecular weight is 283 g/mol. The summed E-state index contributed by atoms with van der Waals surface area (Å²) >= 11 is 0. The van der Waals surface area contributed by atoms with Crippen LogP contribution in [0.1, 0.15) is 33.3 Å². The minimum atomic E-state index is -3.17. The van der Waals surface area contributed by atoms with Crippen LogP contribution in [0.15, 0.2) is 35.3 Å². The van der Waals surface area contributed by atoms with Crippen LogP contribution in [0.5, 0.6) is 0 Å². The molecule has 0 aromatic heterocycles. The zero-order valence-electron chi connectivity index (χ0n) is 11.9. The van der Waals surface area contributed by atoms with Gasteiger partial charge >= 0.3 is 7.60 Å². The lowest BCUT2D eigenvalue weighted by Gasteiger charge is -2.21. The maximum atomic E-state index is 12.5. The highest BCUT2D eigenvalue weighted by Crippen LogP contribution is 2.50. The Morgan fingerprint density at radius 3 is 2.11 bits per heavy atom. The van der Waals surface area contributed by atoms with Crippen molar-refractivity contribution < 1.29 is 13.6 Å². The standard InChI is InChI=1S/C14H22NO3P/c1-12(2)17-19(16,18-13(3)4)11-15-10-14-8-6-5-7-9-14/h5-10,12-13H,11H2,1-4H3. The van der Waals surface area contributed by atoms with Crippen LogP contribution in [0, 0.1) is 0 Å². The summed E-state index contributed by atoms with van der Waals surface area (Å²) in [5, 5.41) is 0. The van der Waals surface area contributed by atoms with Gasteiger partial charge in [-0.05, 0) is 33.3 Å². The number of benzene rings is 1. The molecule has 0 aliphatic carbocycles. The fraction of sp³-hybridized carbons (Fsp3) is 0.500. The minimum Gasteiger partial charge on any atom is -0.305 e. The second kappa shape index (κ2) is 7.59. The Labute approximate surface area is 115 Å². The number of hydrogen-bond acceptors (Lipinski definition) is 4. The maximum Gasteiger partial charge on any atom is 0.352 e. The topological polar surface area (TPSA) is 47.9 Å². The third-order valence-corrected chi connectivity index (χ3v) is 4.03. The van der Waals surface area contributed by atoms with Crippen LogP contribution in [0.2, 0.25) is 0 Å². The van der Waals surface area contributed by atoms with E-state index in [-0.39, 0.29) is 18.5 Å². The van der Waals surface area contributed by atoms with Crippen LogP contribution in [0.25, 0.3) is 0 Å². The Hall–Kier alpha value is -0.960. The maximum absolute atomic E-state index is 12.5. The van der Waals surface area contributed by atoms with E-state index in [2.05, 4.69) is 4.99 Å². The fourth-order valence-corrected chi connectivity index (χ4v) is 3.27. The summed E-state index contributed by atoms with van der Waals surface area (Å²) in [7, 11) is -3.17. The van der Waals surface area contributed by atoms with Gasteiger partial charge in [0.05, 0.1) is 12.2 Å². The summed E-state index contributed by atoms with van der Waals surface area (Å²) < 4.78 is 23.3. The van der Waals surface area contributed by atoms with Gasteiger partial charge in [-0.2, -0.15) is 0 Å². The van der Waals surface area contributed by atoms with E-state index in [1.807, 2.05) is 58.0 Å². The number of hydrogen-bond donors (Lipinski definition) is 0. The van der Waals surface area contributed by atoms with E-state index in [1.165, 1.54) is 0 Å². The van der Waals surface area contributed by atoms with Crippen molar-refractivity contribution >= 4 is 13.8 Å². The third-order valence-electron chi connectivity index (χ3n) is 2.04. The SMILES string of the molecule is CC(C)OP(=O)(CN=Cc1ccccc1)OC(C)C. The van der Waals surface area contributed by atoms with Crippen LogP contribution < -0.4 is 0 Å². The van der Waals surface area contributed by atoms with Crippen LogP contribution in [0.3, 0.4) is 0 Å². The second-order valence-electron chi connectivity index (χ2n) is 4.78. The van der Waals surface area contributed by atoms with Gasteiger partial charge in [0.2, 0.25) is 0 Å². The van der Waals surface area contributed by atoms with E-state index >= 15 is 0 Å². The summed E-state index contributed by atoms with van der Waals surface area (Å²) in [4.78, 5) is 4.18. The summed E-state index contributed by atoms with van der Waals surface area (Å²) in [6.07, 6.45) is 1.41. The highest BCUT2D eigenvalue weighted by molar-refractivity contribution is 7.53. The molecule has 0 saturated carbocycles. The number of nitrogens with zero attached hydrogens (tertiary/aromatic N) is 1. The highest BCUT2D eigenvalue weighted by atomic mass is 31.2. The van der Waals surface area contributed by atoms with Gasteiger partial charge in [-0.3, -0.25) is 9.56 Å². The number of aliphatic imine (C=N–C) groups is 1. The molecule has 0 heterocycles. The van der Waals surface area contributed by atoms with E-state index < -0.39 is 7.60 Å². The predicted molar refractivity (Wildman–Crippen MR) is 79.0 cm³/mol. The fourth-order valence-electron chi connectivity index (χ4n) is 1.52. The summed E-state index contributed by atoms with van der Waals surface area (Å²) in [6, 6.07) is 9.65. The molecule has 1 rings (SSSR count). The summed E-state index contributed by atoms with van der Waals surface area (Å²) in [5.74, 6) is 0. The molecule has 0 fully saturated rings. The van der Waals surface area contributed by atoms with E-state index in [0.29, 0.717) is 0 Å². The first-order valence-electron chi connectivity index (χ1n) is 6.42. The van der Waals surface area contributed by atoms with Gasteiger partial charge in [-0.15, -0.1) is 0 Å². The van der Waals surface area contributed by atoms with Crippen LogP contribution in [-0.4, -0.2) is 24.7 Å². The first kappa shape index (κ1) is 16.1. The van der Waals surface area contributed by atoms with Crippen molar-refractivity contribution in [2.24, 2.45) is 4.99 Å². The summed E-state index contributed by atoms with van der Waals surface area (Å²) in [5.41, 5.74) is 0.961. The van der Waals surface area contributed by atoms with E-state index in [4.69, 9.17) is 9.05 Å². The van der Waals surface area contributed by atoms with E-state index in [9.17, 15) is 4.57 Å². The third kappa shape index (κ3) is 6.67. The van der Waals surface area contributed by atoms with Crippen molar-refractivity contribution in [3.8, 4) is 0 Å². The smallest absolute Gasteiger partial charge is 0.305 e. The zero-order valence-corrected chi connectivity index (χ0v) is 12.8. The molecule has 0 saturated heterocycles. The summed E-state index contributed by atoms with van der Waals surface area (Å²) in [6.45, 7) is 7.32. The Bertz CT molecular complexity index is 429. The predicted octanol–water partition coefficient (Wildman–Crippen LogP) is 4.11. The van der Waals surface area contributed by atoms with Gasteiger partial charge in [0.15, 0.2) is 0 Å². The van der Waals surface area contributed by atoms with Gasteiger partial charge in [0, 0.05) is 6.21 Å². The average Bonchev–Trinajstić information content (AvgIpc) is 2.27. The molecule has 0 spiro atoms. The van der Waals surface area contributed by atoms with Gasteiger partial charge < -0.3 is 9.05 Å². The first-order valence-corrected chi connectivity index (χ1v) is 8.15. The molecule has 4 nitrogen and oxygen atoms in total. The molecule has 1 aromatic carbocycles. The van der Waals surface area contributed by atoms with Crippen molar-refractivity contribution in [3.05, 3.63) is 35.9 Å². The zero-order chi connectivity index (χ0) is 14.3. The Morgan fingerprint density at radius 1 is 1.11 bits per heavy atom. The Kier molecular flexibility index (Phi) is 6.43. The van der Waals surface area contributed by atoms with Crippen LogP contribution >= 0.6 is 7.60 Å². The van der Waals surface area contributed by atoms with Crippen molar-refractivity contribution in [2.75, 3.05) is 6.29 Å². The van der Waals surface area contributed by atoms with Crippen molar-refractivity contribution in [1.29, 1.82) is 0 Å². The molecule has 1 aromatic rings. The highest BCUT2D eigenvalue weighted by Gasteiger charge is 2.26. The van der Waals surface area contributed by atoms with Crippen molar-refractivity contribution in [1.82, 2.24) is 0 Å². The molecule has 0 bridgehead atoms. The normalized spacial score (nSPS) is 12.7. The Morgan fingerprint density at radius 2 is 1.63 bits per heavy atom. The number of rotatable bonds is 7. The quantitative estimate of drug-likeness (QED) is 0.559. The lowest BCUT2D eigenvalue weighted by molar-refractivity contribution is 0.143. The molecular formula is C14H22NO3P. The van der Waals surface area contributed by atoms with Crippen LogP contribution in [-0.2, 0) is 13.6 Å². The molecule has 0 N–H and O–H groups in total. The monoisotopic (exact) mass is 283 g/mol.